The van der Waals surface area contributed by atoms with Crippen LogP contribution in [0.2, 0.25) is 0 Å². The van der Waals surface area contributed by atoms with Gasteiger partial charge in [-0.05, 0) is 54.1 Å². The Labute approximate surface area is 173 Å². The van der Waals surface area contributed by atoms with E-state index in [1.165, 1.54) is 31.4 Å². The van der Waals surface area contributed by atoms with E-state index in [1.54, 1.807) is 24.3 Å². The molecule has 7 nitrogen and oxygen atoms in total. The van der Waals surface area contributed by atoms with Crippen molar-refractivity contribution < 1.29 is 23.9 Å². The molecule has 3 aromatic rings. The van der Waals surface area contributed by atoms with Crippen molar-refractivity contribution in [3.63, 3.8) is 0 Å². The number of para-hydroxylation sites is 1. The second-order valence-electron chi connectivity index (χ2n) is 6.28. The highest BCUT2D eigenvalue weighted by molar-refractivity contribution is 5.99. The first kappa shape index (κ1) is 20.6. The Morgan fingerprint density at radius 1 is 0.700 bits per heavy atom. The Bertz CT molecular complexity index is 1020. The number of esters is 1. The van der Waals surface area contributed by atoms with Crippen LogP contribution < -0.4 is 15.6 Å². The van der Waals surface area contributed by atoms with Crippen LogP contribution >= 0.6 is 0 Å². The number of amides is 2. The molecule has 30 heavy (non-hydrogen) atoms. The molecule has 0 heterocycles. The van der Waals surface area contributed by atoms with Crippen molar-refractivity contribution in [1.29, 1.82) is 0 Å². The lowest BCUT2D eigenvalue weighted by Crippen LogP contribution is -2.41. The number of hydrogen-bond acceptors (Lipinski definition) is 5. The molecule has 7 heteroatoms. The molecule has 0 radical (unpaired) electrons. The lowest BCUT2D eigenvalue weighted by Gasteiger charge is -2.09. The van der Waals surface area contributed by atoms with Gasteiger partial charge in [0.1, 0.15) is 12.4 Å². The van der Waals surface area contributed by atoms with Crippen molar-refractivity contribution in [3.8, 4) is 5.75 Å². The average molecular weight is 404 g/mol. The Morgan fingerprint density at radius 2 is 1.20 bits per heavy atom. The van der Waals surface area contributed by atoms with Gasteiger partial charge in [-0.1, -0.05) is 30.3 Å². The van der Waals surface area contributed by atoms with E-state index in [-0.39, 0.29) is 5.56 Å². The largest absolute Gasteiger partial charge is 0.489 e. The first-order valence-electron chi connectivity index (χ1n) is 9.12. The summed E-state index contributed by atoms with van der Waals surface area (Å²) in [5, 5.41) is 0. The Balaban J connectivity index is 1.50. The lowest BCUT2D eigenvalue weighted by atomic mass is 10.1. The fraction of sp³-hybridized carbons (Fsp3) is 0.0870. The number of ether oxygens (including phenoxy) is 2. The van der Waals surface area contributed by atoms with Crippen LogP contribution in [0.1, 0.15) is 36.6 Å². The monoisotopic (exact) mass is 404 g/mol. The van der Waals surface area contributed by atoms with Gasteiger partial charge in [-0.15, -0.1) is 0 Å². The number of carbonyl (C=O) groups is 3. The number of benzene rings is 3. The van der Waals surface area contributed by atoms with E-state index < -0.39 is 17.8 Å². The summed E-state index contributed by atoms with van der Waals surface area (Å²) in [6, 6.07) is 22.2. The first-order chi connectivity index (χ1) is 14.6. The minimum Gasteiger partial charge on any atom is -0.489 e. The number of hydrazine groups is 1. The van der Waals surface area contributed by atoms with Gasteiger partial charge in [-0.25, -0.2) is 4.79 Å². The van der Waals surface area contributed by atoms with Crippen LogP contribution in [0.3, 0.4) is 0 Å². The summed E-state index contributed by atoms with van der Waals surface area (Å²) in [4.78, 5) is 35.8. The predicted octanol–water partition coefficient (Wildman–Crippen LogP) is 3.13. The molecule has 0 spiro atoms. The molecular weight excluding hydrogens is 384 g/mol. The fourth-order valence-corrected chi connectivity index (χ4v) is 2.57. The molecule has 0 aliphatic rings. The maximum atomic E-state index is 12.2. The van der Waals surface area contributed by atoms with E-state index in [0.29, 0.717) is 17.7 Å². The summed E-state index contributed by atoms with van der Waals surface area (Å²) >= 11 is 0. The van der Waals surface area contributed by atoms with E-state index in [1.807, 2.05) is 30.3 Å². The zero-order valence-electron chi connectivity index (χ0n) is 16.3. The lowest BCUT2D eigenvalue weighted by molar-refractivity contribution is 0.0600. The van der Waals surface area contributed by atoms with Crippen LogP contribution in [0.15, 0.2) is 78.9 Å². The third-order valence-electron chi connectivity index (χ3n) is 4.22. The van der Waals surface area contributed by atoms with Crippen LogP contribution in [-0.4, -0.2) is 24.9 Å². The van der Waals surface area contributed by atoms with Crippen molar-refractivity contribution in [1.82, 2.24) is 10.9 Å². The van der Waals surface area contributed by atoms with Crippen molar-refractivity contribution in [2.24, 2.45) is 0 Å². The number of rotatable bonds is 6. The van der Waals surface area contributed by atoms with Gasteiger partial charge in [0, 0.05) is 11.1 Å². The van der Waals surface area contributed by atoms with Gasteiger partial charge in [-0.3, -0.25) is 20.4 Å². The Hall–Kier alpha value is -4.13. The number of methoxy groups -OCH3 is 1. The molecule has 2 N–H and O–H groups in total. The topological polar surface area (TPSA) is 93.7 Å². The summed E-state index contributed by atoms with van der Waals surface area (Å²) < 4.78 is 10.3. The van der Waals surface area contributed by atoms with Crippen molar-refractivity contribution in [2.45, 2.75) is 6.61 Å². The van der Waals surface area contributed by atoms with Gasteiger partial charge in [0.15, 0.2) is 0 Å². The maximum Gasteiger partial charge on any atom is 0.337 e. The van der Waals surface area contributed by atoms with Gasteiger partial charge >= 0.3 is 5.97 Å². The maximum absolute atomic E-state index is 12.2. The molecule has 0 fully saturated rings. The molecular formula is C23H20N2O5. The SMILES string of the molecule is COC(=O)c1ccc(C(=O)NNC(=O)c2ccc(COc3ccccc3)cc2)cc1. The molecule has 0 atom stereocenters. The van der Waals surface area contributed by atoms with Gasteiger partial charge in [0.05, 0.1) is 12.7 Å². The van der Waals surface area contributed by atoms with Crippen molar-refractivity contribution in [3.05, 3.63) is 101 Å². The summed E-state index contributed by atoms with van der Waals surface area (Å²) in [5.74, 6) is -0.688. The van der Waals surface area contributed by atoms with Crippen molar-refractivity contribution in [2.75, 3.05) is 7.11 Å². The van der Waals surface area contributed by atoms with Gasteiger partial charge in [-0.2, -0.15) is 0 Å². The average Bonchev–Trinajstić information content (AvgIpc) is 2.81. The number of nitrogens with one attached hydrogen (secondary N) is 2. The van der Waals surface area contributed by atoms with Gasteiger partial charge < -0.3 is 9.47 Å². The molecule has 0 bridgehead atoms. The highest BCUT2D eigenvalue weighted by Gasteiger charge is 2.11. The number of hydrogen-bond donors (Lipinski definition) is 2. The minimum atomic E-state index is -0.507. The summed E-state index contributed by atoms with van der Waals surface area (Å²) in [6.45, 7) is 0.379. The molecule has 0 saturated carbocycles. The van der Waals surface area contributed by atoms with Crippen LogP contribution in [0.5, 0.6) is 5.75 Å². The smallest absolute Gasteiger partial charge is 0.337 e. The molecule has 0 saturated heterocycles. The molecule has 0 aromatic heterocycles. The summed E-state index contributed by atoms with van der Waals surface area (Å²) in [6.07, 6.45) is 0. The van der Waals surface area contributed by atoms with Crippen LogP contribution in [0.4, 0.5) is 0 Å². The third-order valence-corrected chi connectivity index (χ3v) is 4.22. The summed E-state index contributed by atoms with van der Waals surface area (Å²) in [7, 11) is 1.28. The quantitative estimate of drug-likeness (QED) is 0.486. The van der Waals surface area contributed by atoms with Crippen molar-refractivity contribution >= 4 is 17.8 Å². The normalized spacial score (nSPS) is 10.0. The Morgan fingerprint density at radius 3 is 1.73 bits per heavy atom. The van der Waals surface area contributed by atoms with E-state index in [2.05, 4.69) is 15.6 Å². The van der Waals surface area contributed by atoms with Crippen LogP contribution in [0, 0.1) is 0 Å². The van der Waals surface area contributed by atoms with E-state index in [9.17, 15) is 14.4 Å². The van der Waals surface area contributed by atoms with E-state index in [0.717, 1.165) is 11.3 Å². The minimum absolute atomic E-state index is 0.288. The molecule has 2 amide bonds. The molecule has 3 aromatic carbocycles. The molecule has 0 aliphatic heterocycles. The van der Waals surface area contributed by atoms with Crippen LogP contribution in [-0.2, 0) is 11.3 Å². The van der Waals surface area contributed by atoms with Gasteiger partial charge in [0.2, 0.25) is 0 Å². The first-order valence-corrected chi connectivity index (χ1v) is 9.12. The van der Waals surface area contributed by atoms with E-state index in [4.69, 9.17) is 4.74 Å². The highest BCUT2D eigenvalue weighted by atomic mass is 16.5. The summed E-state index contributed by atoms with van der Waals surface area (Å²) in [5.41, 5.74) is 6.62. The van der Waals surface area contributed by atoms with Crippen LogP contribution in [0.25, 0.3) is 0 Å². The molecule has 152 valence electrons. The molecule has 0 aliphatic carbocycles. The fourth-order valence-electron chi connectivity index (χ4n) is 2.57. The standard InChI is InChI=1S/C23H20N2O5/c1-29-23(28)19-13-11-18(12-14-19)22(27)25-24-21(26)17-9-7-16(8-10-17)15-30-20-5-3-2-4-6-20/h2-14H,15H2,1H3,(H,24,26)(H,25,27). The zero-order valence-corrected chi connectivity index (χ0v) is 16.3. The predicted molar refractivity (Wildman–Crippen MR) is 110 cm³/mol. The van der Waals surface area contributed by atoms with E-state index >= 15 is 0 Å². The highest BCUT2D eigenvalue weighted by Crippen LogP contribution is 2.12. The Kier molecular flexibility index (Phi) is 6.78. The number of carbonyl (C=O) groups excluding carboxylic acids is 3. The molecule has 0 unspecified atom stereocenters. The second kappa shape index (κ2) is 9.88. The third kappa shape index (κ3) is 5.45. The second-order valence-corrected chi connectivity index (χ2v) is 6.28. The molecule has 3 rings (SSSR count). The van der Waals surface area contributed by atoms with Gasteiger partial charge in [0.25, 0.3) is 11.8 Å². The zero-order chi connectivity index (χ0) is 21.3.